The van der Waals surface area contributed by atoms with Crippen LogP contribution in [0.25, 0.3) is 0 Å². The van der Waals surface area contributed by atoms with E-state index >= 15 is 0 Å². The second kappa shape index (κ2) is 6.35. The summed E-state index contributed by atoms with van der Waals surface area (Å²) >= 11 is 0. The number of aliphatic hydroxyl groups excluding tert-OH is 1. The molecule has 1 aromatic carbocycles. The van der Waals surface area contributed by atoms with E-state index in [1.807, 2.05) is 0 Å². The Balaban J connectivity index is 2.08. The van der Waals surface area contributed by atoms with E-state index in [9.17, 15) is 5.11 Å². The van der Waals surface area contributed by atoms with Crippen molar-refractivity contribution in [2.24, 2.45) is 5.92 Å². The normalized spacial score (nSPS) is 22.1. The highest BCUT2D eigenvalue weighted by molar-refractivity contribution is 5.28. The van der Waals surface area contributed by atoms with Crippen LogP contribution in [0, 0.1) is 5.92 Å². The molecule has 2 unspecified atom stereocenters. The summed E-state index contributed by atoms with van der Waals surface area (Å²) in [5, 5.41) is 12.9. The summed E-state index contributed by atoms with van der Waals surface area (Å²) < 4.78 is 0. The van der Waals surface area contributed by atoms with Crippen LogP contribution in [0.15, 0.2) is 24.3 Å². The first-order valence-electron chi connectivity index (χ1n) is 7.13. The Bertz CT molecular complexity index is 352. The van der Waals surface area contributed by atoms with E-state index in [-0.39, 0.29) is 12.5 Å². The van der Waals surface area contributed by atoms with Gasteiger partial charge in [0.1, 0.15) is 0 Å². The zero-order valence-electron chi connectivity index (χ0n) is 11.5. The zero-order chi connectivity index (χ0) is 13.0. The summed E-state index contributed by atoms with van der Waals surface area (Å²) in [6.45, 7) is 6.84. The molecule has 2 rings (SSSR count). The largest absolute Gasteiger partial charge is 0.396 e. The van der Waals surface area contributed by atoms with Crippen molar-refractivity contribution in [1.29, 1.82) is 0 Å². The van der Waals surface area contributed by atoms with Gasteiger partial charge in [-0.1, -0.05) is 38.1 Å². The minimum Gasteiger partial charge on any atom is -0.396 e. The molecule has 0 radical (unpaired) electrons. The number of piperidine rings is 1. The van der Waals surface area contributed by atoms with Crippen LogP contribution < -0.4 is 5.32 Å². The number of rotatable bonds is 4. The molecule has 0 spiro atoms. The van der Waals surface area contributed by atoms with E-state index in [0.717, 1.165) is 13.1 Å². The Morgan fingerprint density at radius 2 is 2.00 bits per heavy atom. The molecule has 2 N–H and O–H groups in total. The topological polar surface area (TPSA) is 32.3 Å². The van der Waals surface area contributed by atoms with Crippen molar-refractivity contribution >= 4 is 0 Å². The standard InChI is InChI=1S/C16H25NO/c1-12(2)16(11-18)14-7-5-13(6-8-14)15-4-3-9-17-10-15/h5-8,12,15-18H,3-4,9-11H2,1-2H3. The number of hydrogen-bond donors (Lipinski definition) is 2. The van der Waals surface area contributed by atoms with Gasteiger partial charge in [-0.3, -0.25) is 0 Å². The molecule has 2 nitrogen and oxygen atoms in total. The molecule has 2 atom stereocenters. The maximum Gasteiger partial charge on any atom is 0.0502 e. The van der Waals surface area contributed by atoms with Gasteiger partial charge in [-0.05, 0) is 42.3 Å². The molecule has 1 fully saturated rings. The fraction of sp³-hybridized carbons (Fsp3) is 0.625. The summed E-state index contributed by atoms with van der Waals surface area (Å²) in [5.41, 5.74) is 2.70. The summed E-state index contributed by atoms with van der Waals surface area (Å²) in [5.74, 6) is 1.42. The average Bonchev–Trinajstić information content (AvgIpc) is 2.41. The number of aliphatic hydroxyl groups is 1. The predicted molar refractivity (Wildman–Crippen MR) is 76.0 cm³/mol. The molecule has 1 saturated heterocycles. The molecule has 1 aliphatic rings. The van der Waals surface area contributed by atoms with Gasteiger partial charge in [0.05, 0.1) is 6.61 Å². The first-order valence-corrected chi connectivity index (χ1v) is 7.13. The van der Waals surface area contributed by atoms with E-state index in [1.54, 1.807) is 0 Å². The Hall–Kier alpha value is -0.860. The van der Waals surface area contributed by atoms with Crippen LogP contribution in [-0.4, -0.2) is 24.8 Å². The quantitative estimate of drug-likeness (QED) is 0.857. The molecule has 100 valence electrons. The summed E-state index contributed by atoms with van der Waals surface area (Å²) in [6, 6.07) is 8.89. The maximum absolute atomic E-state index is 9.46. The highest BCUT2D eigenvalue weighted by Gasteiger charge is 2.17. The monoisotopic (exact) mass is 247 g/mol. The van der Waals surface area contributed by atoms with Crippen molar-refractivity contribution < 1.29 is 5.11 Å². The molecule has 0 aromatic heterocycles. The van der Waals surface area contributed by atoms with Crippen molar-refractivity contribution in [3.8, 4) is 0 Å². The van der Waals surface area contributed by atoms with Crippen molar-refractivity contribution in [3.63, 3.8) is 0 Å². The molecule has 0 amide bonds. The third-order valence-corrected chi connectivity index (χ3v) is 4.13. The van der Waals surface area contributed by atoms with Gasteiger partial charge in [-0.2, -0.15) is 0 Å². The summed E-state index contributed by atoms with van der Waals surface area (Å²) in [6.07, 6.45) is 2.57. The smallest absolute Gasteiger partial charge is 0.0502 e. The fourth-order valence-corrected chi connectivity index (χ4v) is 2.85. The van der Waals surface area contributed by atoms with Crippen LogP contribution in [-0.2, 0) is 0 Å². The fourth-order valence-electron chi connectivity index (χ4n) is 2.85. The van der Waals surface area contributed by atoms with Crippen molar-refractivity contribution in [2.45, 2.75) is 38.5 Å². The molecule has 18 heavy (non-hydrogen) atoms. The SMILES string of the molecule is CC(C)C(CO)c1ccc(C2CCCNC2)cc1. The highest BCUT2D eigenvalue weighted by Crippen LogP contribution is 2.27. The van der Waals surface area contributed by atoms with E-state index in [1.165, 1.54) is 24.0 Å². The van der Waals surface area contributed by atoms with Gasteiger partial charge in [-0.15, -0.1) is 0 Å². The lowest BCUT2D eigenvalue weighted by atomic mass is 9.86. The minimum atomic E-state index is 0.238. The van der Waals surface area contributed by atoms with Crippen LogP contribution in [0.4, 0.5) is 0 Å². The maximum atomic E-state index is 9.46. The minimum absolute atomic E-state index is 0.238. The molecule has 1 aliphatic heterocycles. The zero-order valence-corrected chi connectivity index (χ0v) is 11.5. The van der Waals surface area contributed by atoms with Crippen LogP contribution in [0.5, 0.6) is 0 Å². The van der Waals surface area contributed by atoms with Crippen LogP contribution >= 0.6 is 0 Å². The van der Waals surface area contributed by atoms with Crippen molar-refractivity contribution in [1.82, 2.24) is 5.32 Å². The second-order valence-corrected chi connectivity index (χ2v) is 5.74. The van der Waals surface area contributed by atoms with Crippen molar-refractivity contribution in [3.05, 3.63) is 35.4 Å². The van der Waals surface area contributed by atoms with E-state index in [4.69, 9.17) is 0 Å². The first kappa shape index (κ1) is 13.6. The number of nitrogens with one attached hydrogen (secondary N) is 1. The van der Waals surface area contributed by atoms with Crippen LogP contribution in [0.3, 0.4) is 0 Å². The lowest BCUT2D eigenvalue weighted by Gasteiger charge is -2.24. The van der Waals surface area contributed by atoms with E-state index in [0.29, 0.717) is 11.8 Å². The third-order valence-electron chi connectivity index (χ3n) is 4.13. The Kier molecular flexibility index (Phi) is 4.79. The van der Waals surface area contributed by atoms with Crippen molar-refractivity contribution in [2.75, 3.05) is 19.7 Å². The number of hydrogen-bond acceptors (Lipinski definition) is 2. The molecular weight excluding hydrogens is 222 g/mol. The van der Waals surface area contributed by atoms with Gasteiger partial charge < -0.3 is 10.4 Å². The highest BCUT2D eigenvalue weighted by atomic mass is 16.3. The summed E-state index contributed by atoms with van der Waals surface area (Å²) in [7, 11) is 0. The van der Waals surface area contributed by atoms with E-state index < -0.39 is 0 Å². The van der Waals surface area contributed by atoms with Gasteiger partial charge in [0.15, 0.2) is 0 Å². The van der Waals surface area contributed by atoms with Gasteiger partial charge in [-0.25, -0.2) is 0 Å². The predicted octanol–water partition coefficient (Wildman–Crippen LogP) is 2.89. The Morgan fingerprint density at radius 1 is 1.28 bits per heavy atom. The van der Waals surface area contributed by atoms with Crippen LogP contribution in [0.2, 0.25) is 0 Å². The van der Waals surface area contributed by atoms with Gasteiger partial charge in [0, 0.05) is 12.5 Å². The molecule has 0 aliphatic carbocycles. The van der Waals surface area contributed by atoms with Gasteiger partial charge >= 0.3 is 0 Å². The molecule has 1 heterocycles. The van der Waals surface area contributed by atoms with Gasteiger partial charge in [0.2, 0.25) is 0 Å². The van der Waals surface area contributed by atoms with Crippen LogP contribution in [0.1, 0.15) is 49.7 Å². The number of benzene rings is 1. The second-order valence-electron chi connectivity index (χ2n) is 5.74. The molecular formula is C16H25NO. The Morgan fingerprint density at radius 3 is 2.50 bits per heavy atom. The van der Waals surface area contributed by atoms with Gasteiger partial charge in [0.25, 0.3) is 0 Å². The summed E-state index contributed by atoms with van der Waals surface area (Å²) in [4.78, 5) is 0. The molecule has 1 aromatic rings. The third kappa shape index (κ3) is 3.12. The van der Waals surface area contributed by atoms with E-state index in [2.05, 4.69) is 43.4 Å². The lowest BCUT2D eigenvalue weighted by Crippen LogP contribution is -2.28. The molecule has 0 bridgehead atoms. The molecule has 2 heteroatoms. The first-order chi connectivity index (χ1) is 8.72. The average molecular weight is 247 g/mol. The molecule has 0 saturated carbocycles. The lowest BCUT2D eigenvalue weighted by molar-refractivity contribution is 0.237. The Labute approximate surface area is 110 Å².